The smallest absolute Gasteiger partial charge is 0.338 e. The first-order chi connectivity index (χ1) is 15.5. The van der Waals surface area contributed by atoms with Crippen molar-refractivity contribution in [1.82, 2.24) is 4.57 Å². The average molecular weight is 471 g/mol. The number of thiazole rings is 1. The number of para-hydroxylation sites is 1. The van der Waals surface area contributed by atoms with Crippen LogP contribution in [0.15, 0.2) is 62.8 Å². The van der Waals surface area contributed by atoms with E-state index >= 15 is 0 Å². The lowest BCUT2D eigenvalue weighted by molar-refractivity contribution is -0.140. The molecule has 3 aromatic rings. The number of rotatable bonds is 7. The summed E-state index contributed by atoms with van der Waals surface area (Å²) in [5.41, 5.74) is 1.28. The monoisotopic (exact) mass is 470 g/mol. The summed E-state index contributed by atoms with van der Waals surface area (Å²) in [6.45, 7) is 2.14. The van der Waals surface area contributed by atoms with Gasteiger partial charge in [-0.05, 0) is 30.5 Å². The van der Waals surface area contributed by atoms with Crippen molar-refractivity contribution in [3.8, 4) is 5.75 Å². The van der Waals surface area contributed by atoms with E-state index in [-0.39, 0.29) is 18.8 Å². The van der Waals surface area contributed by atoms with E-state index < -0.39 is 12.0 Å². The van der Waals surface area contributed by atoms with Crippen LogP contribution in [0.25, 0.3) is 6.08 Å². The number of esters is 1. The Morgan fingerprint density at radius 3 is 2.72 bits per heavy atom. The molecule has 7 nitrogen and oxygen atoms in total. The van der Waals surface area contributed by atoms with Gasteiger partial charge in [0.1, 0.15) is 18.4 Å². The third-order valence-electron chi connectivity index (χ3n) is 5.01. The number of methoxy groups -OCH3 is 2. The molecule has 0 saturated carbocycles. The van der Waals surface area contributed by atoms with Crippen LogP contribution in [0, 0.1) is 0 Å². The normalized spacial score (nSPS) is 16.0. The first-order valence-electron chi connectivity index (χ1n) is 9.90. The fourth-order valence-corrected chi connectivity index (χ4v) is 5.34. The van der Waals surface area contributed by atoms with Gasteiger partial charge in [-0.25, -0.2) is 9.79 Å². The van der Waals surface area contributed by atoms with Crippen molar-refractivity contribution >= 4 is 34.7 Å². The Morgan fingerprint density at radius 2 is 2.00 bits per heavy atom. The molecule has 0 bridgehead atoms. The average Bonchev–Trinajstić information content (AvgIpc) is 3.41. The molecule has 9 heteroatoms. The third kappa shape index (κ3) is 4.19. The highest BCUT2D eigenvalue weighted by Crippen LogP contribution is 2.35. The largest absolute Gasteiger partial charge is 0.496 e. The van der Waals surface area contributed by atoms with Crippen molar-refractivity contribution in [2.24, 2.45) is 4.99 Å². The van der Waals surface area contributed by atoms with Gasteiger partial charge in [-0.1, -0.05) is 35.6 Å². The topological polar surface area (TPSA) is 79.1 Å². The van der Waals surface area contributed by atoms with Crippen LogP contribution < -0.4 is 19.6 Å². The van der Waals surface area contributed by atoms with Gasteiger partial charge in [0, 0.05) is 17.6 Å². The summed E-state index contributed by atoms with van der Waals surface area (Å²) in [6.07, 6.45) is 1.85. The molecule has 32 heavy (non-hydrogen) atoms. The molecule has 0 spiro atoms. The molecule has 1 aliphatic rings. The van der Waals surface area contributed by atoms with Gasteiger partial charge >= 0.3 is 5.97 Å². The van der Waals surface area contributed by atoms with E-state index in [0.29, 0.717) is 31.9 Å². The highest BCUT2D eigenvalue weighted by atomic mass is 32.1. The number of thiophene rings is 1. The van der Waals surface area contributed by atoms with Crippen LogP contribution in [0.1, 0.15) is 23.4 Å². The number of carbonyl (C=O) groups excluding carboxylic acids is 1. The summed E-state index contributed by atoms with van der Waals surface area (Å²) < 4.78 is 18.1. The second-order valence-electron chi connectivity index (χ2n) is 6.97. The van der Waals surface area contributed by atoms with Crippen LogP contribution in [0.4, 0.5) is 0 Å². The van der Waals surface area contributed by atoms with E-state index in [0.717, 1.165) is 4.88 Å². The standard InChI is InChI=1S/C23H22N2O5S2/c1-14-19(22(27)30-11-10-28-2)20(16-8-4-5-9-17(16)29-3)25-21(26)18(32-23(25)24-14)13-15-7-6-12-31-15/h4-9,12-13,20H,10-11H2,1-3H3/b18-13-/t20-/m1/s1. The maximum atomic E-state index is 13.5. The zero-order valence-corrected chi connectivity index (χ0v) is 19.5. The summed E-state index contributed by atoms with van der Waals surface area (Å²) in [5.74, 6) is 0.0361. The molecule has 4 rings (SSSR count). The fourth-order valence-electron chi connectivity index (χ4n) is 3.57. The first kappa shape index (κ1) is 22.2. The number of fused-ring (bicyclic) bond motifs is 1. The van der Waals surface area contributed by atoms with Crippen LogP contribution in [0.5, 0.6) is 5.75 Å². The minimum absolute atomic E-state index is 0.105. The lowest BCUT2D eigenvalue weighted by Gasteiger charge is -2.26. The molecule has 1 aromatic carbocycles. The Labute approximate surface area is 192 Å². The second-order valence-corrected chi connectivity index (χ2v) is 8.96. The van der Waals surface area contributed by atoms with Gasteiger partial charge in [-0.2, -0.15) is 0 Å². The first-order valence-corrected chi connectivity index (χ1v) is 11.6. The van der Waals surface area contributed by atoms with Gasteiger partial charge < -0.3 is 14.2 Å². The van der Waals surface area contributed by atoms with Gasteiger partial charge in [0.15, 0.2) is 4.80 Å². The Balaban J connectivity index is 1.93. The van der Waals surface area contributed by atoms with E-state index in [1.165, 1.54) is 18.4 Å². The van der Waals surface area contributed by atoms with E-state index in [2.05, 4.69) is 4.99 Å². The number of hydrogen-bond acceptors (Lipinski definition) is 8. The minimum Gasteiger partial charge on any atom is -0.496 e. The molecule has 3 heterocycles. The second kappa shape index (κ2) is 9.64. The van der Waals surface area contributed by atoms with Crippen LogP contribution >= 0.6 is 22.7 Å². The van der Waals surface area contributed by atoms with Crippen molar-refractivity contribution in [3.63, 3.8) is 0 Å². The predicted molar refractivity (Wildman–Crippen MR) is 124 cm³/mol. The van der Waals surface area contributed by atoms with Gasteiger partial charge in [0.2, 0.25) is 0 Å². The number of hydrogen-bond donors (Lipinski definition) is 0. The minimum atomic E-state index is -0.720. The Morgan fingerprint density at radius 1 is 1.19 bits per heavy atom. The number of ether oxygens (including phenoxy) is 3. The van der Waals surface area contributed by atoms with Crippen molar-refractivity contribution in [1.29, 1.82) is 0 Å². The SMILES string of the molecule is COCCOC(=O)C1=C(C)N=c2s/c(=C\c3cccs3)c(=O)n2[C@@H]1c1ccccc1OC. The Hall–Kier alpha value is -3.01. The van der Waals surface area contributed by atoms with Gasteiger partial charge in [0.25, 0.3) is 5.56 Å². The molecule has 1 aliphatic heterocycles. The highest BCUT2D eigenvalue weighted by Gasteiger charge is 2.35. The number of nitrogens with zero attached hydrogens (tertiary/aromatic N) is 2. The number of carbonyl (C=O) groups is 1. The molecular formula is C23H22N2O5S2. The summed E-state index contributed by atoms with van der Waals surface area (Å²) >= 11 is 2.85. The van der Waals surface area contributed by atoms with Crippen molar-refractivity contribution in [3.05, 3.63) is 83.2 Å². The third-order valence-corrected chi connectivity index (χ3v) is 6.81. The predicted octanol–water partition coefficient (Wildman–Crippen LogP) is 2.49. The van der Waals surface area contributed by atoms with E-state index in [9.17, 15) is 9.59 Å². The molecule has 0 N–H and O–H groups in total. The molecule has 0 saturated heterocycles. The molecule has 2 aromatic heterocycles. The lowest BCUT2D eigenvalue weighted by Crippen LogP contribution is -2.40. The maximum Gasteiger partial charge on any atom is 0.338 e. The van der Waals surface area contributed by atoms with Crippen LogP contribution in [-0.2, 0) is 14.3 Å². The maximum absolute atomic E-state index is 13.5. The van der Waals surface area contributed by atoms with E-state index in [1.807, 2.05) is 41.8 Å². The molecule has 0 radical (unpaired) electrons. The van der Waals surface area contributed by atoms with Gasteiger partial charge in [-0.15, -0.1) is 11.3 Å². The van der Waals surface area contributed by atoms with Gasteiger partial charge in [0.05, 0.1) is 29.5 Å². The Bertz CT molecular complexity index is 1340. The van der Waals surface area contributed by atoms with Crippen LogP contribution in [0.3, 0.4) is 0 Å². The molecule has 0 fully saturated rings. The zero-order chi connectivity index (χ0) is 22.7. The molecular weight excluding hydrogens is 448 g/mol. The number of aromatic nitrogens is 1. The fraction of sp³-hybridized carbons (Fsp3) is 0.261. The van der Waals surface area contributed by atoms with E-state index in [1.54, 1.807) is 36.0 Å². The van der Waals surface area contributed by atoms with Crippen molar-refractivity contribution < 1.29 is 19.0 Å². The summed E-state index contributed by atoms with van der Waals surface area (Å²) in [7, 11) is 3.10. The summed E-state index contributed by atoms with van der Waals surface area (Å²) in [6, 6.07) is 10.5. The molecule has 1 atom stereocenters. The van der Waals surface area contributed by atoms with Crippen LogP contribution in [-0.4, -0.2) is 38.0 Å². The number of benzene rings is 1. The van der Waals surface area contributed by atoms with Gasteiger partial charge in [-0.3, -0.25) is 9.36 Å². The molecule has 0 unspecified atom stereocenters. The molecule has 0 aliphatic carbocycles. The van der Waals surface area contributed by atoms with E-state index in [4.69, 9.17) is 14.2 Å². The Kier molecular flexibility index (Phi) is 6.69. The summed E-state index contributed by atoms with van der Waals surface area (Å²) in [5, 5.41) is 1.96. The summed E-state index contributed by atoms with van der Waals surface area (Å²) in [4.78, 5) is 32.7. The molecule has 166 valence electrons. The number of allylic oxidation sites excluding steroid dienone is 1. The van der Waals surface area contributed by atoms with Crippen molar-refractivity contribution in [2.45, 2.75) is 13.0 Å². The highest BCUT2D eigenvalue weighted by molar-refractivity contribution is 7.11. The molecule has 0 amide bonds. The zero-order valence-electron chi connectivity index (χ0n) is 17.9. The van der Waals surface area contributed by atoms with Crippen LogP contribution in [0.2, 0.25) is 0 Å². The van der Waals surface area contributed by atoms with Crippen molar-refractivity contribution in [2.75, 3.05) is 27.4 Å². The quantitative estimate of drug-likeness (QED) is 0.392. The lowest BCUT2D eigenvalue weighted by atomic mass is 9.95.